The molecule has 140 valence electrons. The van der Waals surface area contributed by atoms with E-state index in [9.17, 15) is 4.39 Å². The summed E-state index contributed by atoms with van der Waals surface area (Å²) in [6.45, 7) is 4.52. The first-order valence-electron chi connectivity index (χ1n) is 8.05. The summed E-state index contributed by atoms with van der Waals surface area (Å²) in [6.07, 6.45) is 1.77. The minimum Gasteiger partial charge on any atom is -0.484 e. The van der Waals surface area contributed by atoms with E-state index in [2.05, 4.69) is 16.8 Å². The quantitative estimate of drug-likeness (QED) is 0.340. The molecule has 1 heterocycles. The van der Waals surface area contributed by atoms with Gasteiger partial charge < -0.3 is 4.74 Å². The standard InChI is InChI=1S/C19H16Cl2FN3OS/c1-2-9-25-18(11-26-17-10-14(20)5-8-16(17)21)23-24-19(25)27-12-13-3-6-15(22)7-4-13/h2-8,10H,1,9,11-12H2. The summed E-state index contributed by atoms with van der Waals surface area (Å²) in [5.41, 5.74) is 0.998. The monoisotopic (exact) mass is 423 g/mol. The fourth-order valence-electron chi connectivity index (χ4n) is 2.30. The number of hydrogen-bond donors (Lipinski definition) is 0. The second-order valence-corrected chi connectivity index (χ2v) is 7.36. The van der Waals surface area contributed by atoms with Crippen LogP contribution in [0.25, 0.3) is 0 Å². The zero-order valence-electron chi connectivity index (χ0n) is 14.2. The Hall–Kier alpha value is -2.02. The van der Waals surface area contributed by atoms with E-state index in [1.807, 2.05) is 4.57 Å². The largest absolute Gasteiger partial charge is 0.484 e. The van der Waals surface area contributed by atoms with Crippen LogP contribution in [0.1, 0.15) is 11.4 Å². The highest BCUT2D eigenvalue weighted by Crippen LogP contribution is 2.29. The predicted molar refractivity (Wildman–Crippen MR) is 107 cm³/mol. The molecule has 2 aromatic carbocycles. The molecule has 4 nitrogen and oxygen atoms in total. The van der Waals surface area contributed by atoms with E-state index in [0.29, 0.717) is 33.9 Å². The summed E-state index contributed by atoms with van der Waals surface area (Å²) >= 11 is 13.6. The van der Waals surface area contributed by atoms with Gasteiger partial charge in [0.15, 0.2) is 11.0 Å². The number of rotatable bonds is 8. The molecule has 8 heteroatoms. The first kappa shape index (κ1) is 19.7. The number of nitrogens with zero attached hydrogens (tertiary/aromatic N) is 3. The van der Waals surface area contributed by atoms with Gasteiger partial charge in [0, 0.05) is 23.4 Å². The molecule has 0 radical (unpaired) electrons. The summed E-state index contributed by atoms with van der Waals surface area (Å²) in [4.78, 5) is 0. The Balaban J connectivity index is 1.71. The summed E-state index contributed by atoms with van der Waals surface area (Å²) in [7, 11) is 0. The summed E-state index contributed by atoms with van der Waals surface area (Å²) in [5.74, 6) is 1.53. The number of aromatic nitrogens is 3. The number of hydrogen-bond acceptors (Lipinski definition) is 4. The van der Waals surface area contributed by atoms with Crippen LogP contribution in [0.15, 0.2) is 60.3 Å². The van der Waals surface area contributed by atoms with Crippen molar-refractivity contribution >= 4 is 35.0 Å². The van der Waals surface area contributed by atoms with E-state index in [1.165, 1.54) is 23.9 Å². The van der Waals surface area contributed by atoms with Crippen molar-refractivity contribution < 1.29 is 9.13 Å². The number of allylic oxidation sites excluding steroid dienone is 1. The highest BCUT2D eigenvalue weighted by molar-refractivity contribution is 7.98. The van der Waals surface area contributed by atoms with Gasteiger partial charge in [-0.3, -0.25) is 4.57 Å². The van der Waals surface area contributed by atoms with E-state index in [0.717, 1.165) is 10.7 Å². The minimum atomic E-state index is -0.252. The van der Waals surface area contributed by atoms with Crippen LogP contribution in [0.2, 0.25) is 10.0 Å². The summed E-state index contributed by atoms with van der Waals surface area (Å²) in [5, 5.41) is 10.2. The molecule has 0 spiro atoms. The van der Waals surface area contributed by atoms with Gasteiger partial charge in [0.1, 0.15) is 18.2 Å². The lowest BCUT2D eigenvalue weighted by atomic mass is 10.2. The molecule has 0 saturated carbocycles. The zero-order valence-corrected chi connectivity index (χ0v) is 16.6. The average Bonchev–Trinajstić information content (AvgIpc) is 3.04. The maximum Gasteiger partial charge on any atom is 0.191 e. The van der Waals surface area contributed by atoms with Gasteiger partial charge in [-0.2, -0.15) is 0 Å². The lowest BCUT2D eigenvalue weighted by Crippen LogP contribution is -2.07. The maximum absolute atomic E-state index is 13.0. The molecule has 1 aromatic heterocycles. The molecule has 3 aromatic rings. The molecule has 27 heavy (non-hydrogen) atoms. The predicted octanol–water partition coefficient (Wildman–Crippen LogP) is 5.78. The van der Waals surface area contributed by atoms with Gasteiger partial charge >= 0.3 is 0 Å². The Morgan fingerprint density at radius 3 is 2.67 bits per heavy atom. The molecule has 0 fully saturated rings. The highest BCUT2D eigenvalue weighted by Gasteiger charge is 2.13. The van der Waals surface area contributed by atoms with Gasteiger partial charge in [-0.15, -0.1) is 16.8 Å². The number of ether oxygens (including phenoxy) is 1. The van der Waals surface area contributed by atoms with Crippen LogP contribution in [0.5, 0.6) is 5.75 Å². The Bertz CT molecular complexity index is 931. The van der Waals surface area contributed by atoms with E-state index in [-0.39, 0.29) is 12.4 Å². The summed E-state index contributed by atoms with van der Waals surface area (Å²) < 4.78 is 20.7. The fraction of sp³-hybridized carbons (Fsp3) is 0.158. The number of thioether (sulfide) groups is 1. The van der Waals surface area contributed by atoms with Crippen LogP contribution in [-0.2, 0) is 18.9 Å². The molecule has 0 amide bonds. The van der Waals surface area contributed by atoms with Gasteiger partial charge in [0.25, 0.3) is 0 Å². The van der Waals surface area contributed by atoms with Crippen molar-refractivity contribution in [3.05, 3.63) is 82.4 Å². The zero-order chi connectivity index (χ0) is 19.2. The van der Waals surface area contributed by atoms with Crippen LogP contribution in [-0.4, -0.2) is 14.8 Å². The molecule has 0 aliphatic heterocycles. The third kappa shape index (κ3) is 5.25. The van der Waals surface area contributed by atoms with Gasteiger partial charge in [-0.1, -0.05) is 53.2 Å². The molecule has 0 saturated heterocycles. The summed E-state index contributed by atoms with van der Waals surface area (Å²) in [6, 6.07) is 11.4. The smallest absolute Gasteiger partial charge is 0.191 e. The van der Waals surface area contributed by atoms with Gasteiger partial charge in [0.05, 0.1) is 5.02 Å². The molecule has 0 N–H and O–H groups in total. The van der Waals surface area contributed by atoms with Crippen LogP contribution < -0.4 is 4.74 Å². The number of benzene rings is 2. The molecular formula is C19H16Cl2FN3OS. The fourth-order valence-corrected chi connectivity index (χ4v) is 3.56. The van der Waals surface area contributed by atoms with Crippen LogP contribution in [0.3, 0.4) is 0 Å². The van der Waals surface area contributed by atoms with Crippen molar-refractivity contribution in [1.82, 2.24) is 14.8 Å². The highest BCUT2D eigenvalue weighted by atomic mass is 35.5. The van der Waals surface area contributed by atoms with E-state index < -0.39 is 0 Å². The van der Waals surface area contributed by atoms with Gasteiger partial charge in [-0.05, 0) is 29.8 Å². The van der Waals surface area contributed by atoms with E-state index in [1.54, 1.807) is 36.4 Å². The molecular weight excluding hydrogens is 408 g/mol. The van der Waals surface area contributed by atoms with Gasteiger partial charge in [0.2, 0.25) is 0 Å². The minimum absolute atomic E-state index is 0.192. The molecule has 0 aliphatic rings. The van der Waals surface area contributed by atoms with E-state index in [4.69, 9.17) is 27.9 Å². The lowest BCUT2D eigenvalue weighted by molar-refractivity contribution is 0.289. The van der Waals surface area contributed by atoms with Gasteiger partial charge in [-0.25, -0.2) is 4.39 Å². The number of halogens is 3. The van der Waals surface area contributed by atoms with Crippen molar-refractivity contribution in [1.29, 1.82) is 0 Å². The third-order valence-electron chi connectivity index (χ3n) is 3.64. The van der Waals surface area contributed by atoms with E-state index >= 15 is 0 Å². The first-order chi connectivity index (χ1) is 13.1. The molecule has 3 rings (SSSR count). The van der Waals surface area contributed by atoms with Crippen LogP contribution in [0, 0.1) is 5.82 Å². The topological polar surface area (TPSA) is 39.9 Å². The molecule has 0 bridgehead atoms. The second-order valence-electron chi connectivity index (χ2n) is 5.58. The lowest BCUT2D eigenvalue weighted by Gasteiger charge is -2.10. The van der Waals surface area contributed by atoms with Crippen LogP contribution in [0.4, 0.5) is 4.39 Å². The SMILES string of the molecule is C=CCn1c(COc2cc(Cl)ccc2Cl)nnc1SCc1ccc(F)cc1. The van der Waals surface area contributed by atoms with Crippen molar-refractivity contribution in [3.8, 4) is 5.75 Å². The Morgan fingerprint density at radius 1 is 1.15 bits per heavy atom. The molecule has 0 unspecified atom stereocenters. The first-order valence-corrected chi connectivity index (χ1v) is 9.79. The van der Waals surface area contributed by atoms with Crippen molar-refractivity contribution in [3.63, 3.8) is 0 Å². The Kier molecular flexibility index (Phi) is 6.77. The normalized spacial score (nSPS) is 10.8. The van der Waals surface area contributed by atoms with Crippen molar-refractivity contribution in [2.75, 3.05) is 0 Å². The van der Waals surface area contributed by atoms with Crippen molar-refractivity contribution in [2.24, 2.45) is 0 Å². The Morgan fingerprint density at radius 2 is 1.93 bits per heavy atom. The van der Waals surface area contributed by atoms with Crippen LogP contribution >= 0.6 is 35.0 Å². The Labute approximate surface area is 171 Å². The maximum atomic E-state index is 13.0. The molecule has 0 atom stereocenters. The average molecular weight is 424 g/mol. The molecule has 0 aliphatic carbocycles. The second kappa shape index (κ2) is 9.26. The third-order valence-corrected chi connectivity index (χ3v) is 5.22. The van der Waals surface area contributed by atoms with Crippen molar-refractivity contribution in [2.45, 2.75) is 24.1 Å².